The maximum atomic E-state index is 13.0. The van der Waals surface area contributed by atoms with Gasteiger partial charge in [0, 0.05) is 23.8 Å². The van der Waals surface area contributed by atoms with Gasteiger partial charge in [0.05, 0.1) is 25.6 Å². The zero-order chi connectivity index (χ0) is 22.2. The predicted octanol–water partition coefficient (Wildman–Crippen LogP) is 4.75. The lowest BCUT2D eigenvalue weighted by Gasteiger charge is -2.16. The first-order valence-electron chi connectivity index (χ1n) is 9.37. The largest absolute Gasteiger partial charge is 0.494 e. The summed E-state index contributed by atoms with van der Waals surface area (Å²) in [4.78, 5) is 24.8. The summed E-state index contributed by atoms with van der Waals surface area (Å²) in [6, 6.07) is 17.6. The Morgan fingerprint density at radius 3 is 2.00 bits per heavy atom. The number of rotatable bonds is 7. The normalized spacial score (nSPS) is 10.5. The van der Waals surface area contributed by atoms with E-state index in [0.717, 1.165) is 0 Å². The molecular formula is C24H21FN2O4. The van der Waals surface area contributed by atoms with Crippen LogP contribution in [0.3, 0.4) is 0 Å². The fourth-order valence-electron chi connectivity index (χ4n) is 2.80. The number of anilines is 2. The summed E-state index contributed by atoms with van der Waals surface area (Å²) in [6.07, 6.45) is 2.89. The third kappa shape index (κ3) is 5.70. The third-order valence-corrected chi connectivity index (χ3v) is 4.36. The quantitative estimate of drug-likeness (QED) is 0.541. The lowest BCUT2D eigenvalue weighted by Crippen LogP contribution is -2.14. The summed E-state index contributed by atoms with van der Waals surface area (Å²) < 4.78 is 23.7. The molecule has 0 atom stereocenters. The fraction of sp³-hybridized carbons (Fsp3) is 0.0833. The Labute approximate surface area is 179 Å². The SMILES string of the molecule is COc1cc(NC(=O)c2ccccc2)c(OC)cc1NC(=O)/C=C/c1ccc(F)cc1. The number of benzene rings is 3. The molecule has 0 bridgehead atoms. The lowest BCUT2D eigenvalue weighted by atomic mass is 10.2. The third-order valence-electron chi connectivity index (χ3n) is 4.36. The van der Waals surface area contributed by atoms with Crippen LogP contribution in [-0.2, 0) is 4.79 Å². The molecule has 0 aliphatic rings. The van der Waals surface area contributed by atoms with Crippen LogP contribution in [0.25, 0.3) is 6.08 Å². The Kier molecular flexibility index (Phi) is 7.01. The van der Waals surface area contributed by atoms with E-state index in [0.29, 0.717) is 34.0 Å². The Balaban J connectivity index is 1.78. The minimum atomic E-state index is -0.411. The number of halogens is 1. The van der Waals surface area contributed by atoms with E-state index in [2.05, 4.69) is 10.6 Å². The second-order valence-electron chi connectivity index (χ2n) is 6.45. The van der Waals surface area contributed by atoms with E-state index in [1.54, 1.807) is 54.6 Å². The van der Waals surface area contributed by atoms with Gasteiger partial charge >= 0.3 is 0 Å². The van der Waals surface area contributed by atoms with Crippen molar-refractivity contribution in [3.8, 4) is 11.5 Å². The van der Waals surface area contributed by atoms with Gasteiger partial charge in [-0.25, -0.2) is 4.39 Å². The van der Waals surface area contributed by atoms with E-state index >= 15 is 0 Å². The Morgan fingerprint density at radius 2 is 1.42 bits per heavy atom. The smallest absolute Gasteiger partial charge is 0.255 e. The first kappa shape index (κ1) is 21.6. The standard InChI is InChI=1S/C24H21FN2O4/c1-30-21-15-20(27-24(29)17-6-4-3-5-7-17)22(31-2)14-19(21)26-23(28)13-10-16-8-11-18(25)12-9-16/h3-15H,1-2H3,(H,26,28)(H,27,29)/b13-10+. The van der Waals surface area contributed by atoms with Crippen molar-refractivity contribution in [3.05, 3.63) is 89.8 Å². The predicted molar refractivity (Wildman–Crippen MR) is 118 cm³/mol. The molecule has 0 saturated carbocycles. The maximum absolute atomic E-state index is 13.0. The molecule has 6 nitrogen and oxygen atoms in total. The van der Waals surface area contributed by atoms with E-state index in [9.17, 15) is 14.0 Å². The van der Waals surface area contributed by atoms with Crippen LogP contribution >= 0.6 is 0 Å². The van der Waals surface area contributed by atoms with Gasteiger partial charge in [-0.15, -0.1) is 0 Å². The van der Waals surface area contributed by atoms with Crippen LogP contribution in [0.1, 0.15) is 15.9 Å². The number of carbonyl (C=O) groups is 2. The summed E-state index contributed by atoms with van der Waals surface area (Å²) in [6.45, 7) is 0. The van der Waals surface area contributed by atoms with Crippen molar-refractivity contribution in [2.45, 2.75) is 0 Å². The highest BCUT2D eigenvalue weighted by Crippen LogP contribution is 2.36. The highest BCUT2D eigenvalue weighted by Gasteiger charge is 2.15. The maximum Gasteiger partial charge on any atom is 0.255 e. The lowest BCUT2D eigenvalue weighted by molar-refractivity contribution is -0.111. The Hall–Kier alpha value is -4.13. The van der Waals surface area contributed by atoms with Crippen molar-refractivity contribution in [1.29, 1.82) is 0 Å². The first-order chi connectivity index (χ1) is 15.0. The topological polar surface area (TPSA) is 76.7 Å². The molecule has 3 aromatic rings. The molecule has 0 fully saturated rings. The number of amides is 2. The van der Waals surface area contributed by atoms with Crippen LogP contribution in [0, 0.1) is 5.82 Å². The number of nitrogens with one attached hydrogen (secondary N) is 2. The minimum Gasteiger partial charge on any atom is -0.494 e. The van der Waals surface area contributed by atoms with E-state index in [1.165, 1.54) is 32.4 Å². The van der Waals surface area contributed by atoms with E-state index in [1.807, 2.05) is 6.07 Å². The van der Waals surface area contributed by atoms with Gasteiger partial charge in [-0.1, -0.05) is 30.3 Å². The van der Waals surface area contributed by atoms with Gasteiger partial charge in [0.1, 0.15) is 17.3 Å². The highest BCUT2D eigenvalue weighted by molar-refractivity contribution is 6.06. The average molecular weight is 420 g/mol. The molecule has 0 unspecified atom stereocenters. The van der Waals surface area contributed by atoms with Crippen molar-refractivity contribution in [1.82, 2.24) is 0 Å². The number of hydrogen-bond acceptors (Lipinski definition) is 4. The van der Waals surface area contributed by atoms with Crippen molar-refractivity contribution >= 4 is 29.3 Å². The van der Waals surface area contributed by atoms with E-state index < -0.39 is 5.91 Å². The molecule has 2 N–H and O–H groups in total. The van der Waals surface area contributed by atoms with Gasteiger partial charge in [0.2, 0.25) is 5.91 Å². The average Bonchev–Trinajstić information content (AvgIpc) is 2.79. The monoisotopic (exact) mass is 420 g/mol. The molecular weight excluding hydrogens is 399 g/mol. The van der Waals surface area contributed by atoms with Crippen LogP contribution in [0.5, 0.6) is 11.5 Å². The molecule has 3 rings (SSSR count). The van der Waals surface area contributed by atoms with Crippen LogP contribution in [0.4, 0.5) is 15.8 Å². The fourth-order valence-corrected chi connectivity index (χ4v) is 2.80. The molecule has 0 spiro atoms. The van der Waals surface area contributed by atoms with Crippen LogP contribution in [0.15, 0.2) is 72.8 Å². The number of hydrogen-bond donors (Lipinski definition) is 2. The number of methoxy groups -OCH3 is 2. The van der Waals surface area contributed by atoms with Crippen molar-refractivity contribution < 1.29 is 23.5 Å². The molecule has 0 aromatic heterocycles. The second-order valence-corrected chi connectivity index (χ2v) is 6.45. The molecule has 3 aromatic carbocycles. The Bertz CT molecular complexity index is 1100. The van der Waals surface area contributed by atoms with E-state index in [-0.39, 0.29) is 11.7 Å². The molecule has 0 aliphatic heterocycles. The van der Waals surface area contributed by atoms with Crippen molar-refractivity contribution in [2.24, 2.45) is 0 Å². The molecule has 31 heavy (non-hydrogen) atoms. The summed E-state index contributed by atoms with van der Waals surface area (Å²) in [7, 11) is 2.91. The minimum absolute atomic E-state index is 0.306. The molecule has 0 heterocycles. The van der Waals surface area contributed by atoms with Gasteiger partial charge in [-0.2, -0.15) is 0 Å². The van der Waals surface area contributed by atoms with Crippen molar-refractivity contribution in [2.75, 3.05) is 24.9 Å². The van der Waals surface area contributed by atoms with Gasteiger partial charge in [-0.05, 0) is 35.9 Å². The highest BCUT2D eigenvalue weighted by atomic mass is 19.1. The van der Waals surface area contributed by atoms with E-state index in [4.69, 9.17) is 9.47 Å². The van der Waals surface area contributed by atoms with Gasteiger partial charge in [-0.3, -0.25) is 9.59 Å². The molecule has 0 radical (unpaired) electrons. The first-order valence-corrected chi connectivity index (χ1v) is 9.37. The number of carbonyl (C=O) groups excluding carboxylic acids is 2. The number of ether oxygens (including phenoxy) is 2. The van der Waals surface area contributed by atoms with Crippen LogP contribution < -0.4 is 20.1 Å². The summed E-state index contributed by atoms with van der Waals surface area (Å²) in [5, 5.41) is 5.50. The molecule has 7 heteroatoms. The molecule has 158 valence electrons. The summed E-state index contributed by atoms with van der Waals surface area (Å²) in [5.41, 5.74) is 1.94. The van der Waals surface area contributed by atoms with Crippen molar-refractivity contribution in [3.63, 3.8) is 0 Å². The van der Waals surface area contributed by atoms with Gasteiger partial charge < -0.3 is 20.1 Å². The van der Waals surface area contributed by atoms with Gasteiger partial charge in [0.15, 0.2) is 0 Å². The van der Waals surface area contributed by atoms with Crippen LogP contribution in [-0.4, -0.2) is 26.0 Å². The summed E-state index contributed by atoms with van der Waals surface area (Å²) in [5.74, 6) is -0.376. The zero-order valence-corrected chi connectivity index (χ0v) is 17.0. The van der Waals surface area contributed by atoms with Gasteiger partial charge in [0.25, 0.3) is 5.91 Å². The second kappa shape index (κ2) is 10.1. The molecule has 0 aliphatic carbocycles. The zero-order valence-electron chi connectivity index (χ0n) is 17.0. The Morgan fingerprint density at radius 1 is 0.839 bits per heavy atom. The van der Waals surface area contributed by atoms with Crippen LogP contribution in [0.2, 0.25) is 0 Å². The summed E-state index contributed by atoms with van der Waals surface area (Å²) >= 11 is 0. The molecule has 2 amide bonds. The molecule has 0 saturated heterocycles.